The lowest BCUT2D eigenvalue weighted by atomic mass is 9.95. The molecule has 31 heavy (non-hydrogen) atoms. The largest absolute Gasteiger partial charge is 0.507 e. The summed E-state index contributed by atoms with van der Waals surface area (Å²) in [4.78, 5) is 31.2. The van der Waals surface area contributed by atoms with Gasteiger partial charge < -0.3 is 14.6 Å². The predicted molar refractivity (Wildman–Crippen MR) is 116 cm³/mol. The van der Waals surface area contributed by atoms with E-state index in [2.05, 4.69) is 20.9 Å². The maximum Gasteiger partial charge on any atom is 0.295 e. The maximum absolute atomic E-state index is 14.0. The Hall–Kier alpha value is -3.26. The Bertz CT molecular complexity index is 1140. The van der Waals surface area contributed by atoms with Gasteiger partial charge in [0.15, 0.2) is 0 Å². The smallest absolute Gasteiger partial charge is 0.295 e. The minimum atomic E-state index is -0.873. The molecule has 1 N–H and O–H groups in total. The standard InChI is InChI=1S/C23H19BrFN3O3/c24-17-7-5-15(6-8-17)21(29)19-20(16-3-1-4-18(25)13-16)28(23(31)22(19)30)11-2-10-27-12-9-26-14-27/h1,3-9,12-14,20,29H,2,10-11H2/t20-/m1/s1. The Kier molecular flexibility index (Phi) is 5.99. The molecule has 1 aromatic heterocycles. The molecule has 8 heteroatoms. The summed E-state index contributed by atoms with van der Waals surface area (Å²) < 4.78 is 16.7. The van der Waals surface area contributed by atoms with Crippen LogP contribution < -0.4 is 0 Å². The van der Waals surface area contributed by atoms with Gasteiger partial charge in [-0.25, -0.2) is 9.37 Å². The molecule has 0 bridgehead atoms. The van der Waals surface area contributed by atoms with Gasteiger partial charge in [-0.1, -0.05) is 40.2 Å². The van der Waals surface area contributed by atoms with Crippen LogP contribution in [0.25, 0.3) is 5.76 Å². The van der Waals surface area contributed by atoms with E-state index in [0.717, 1.165) is 4.47 Å². The molecule has 1 aliphatic heterocycles. The number of ketones is 1. The third-order valence-electron chi connectivity index (χ3n) is 5.20. The molecule has 2 aromatic carbocycles. The fraction of sp³-hybridized carbons (Fsp3) is 0.174. The molecule has 1 amide bonds. The summed E-state index contributed by atoms with van der Waals surface area (Å²) in [6.07, 6.45) is 5.71. The quantitative estimate of drug-likeness (QED) is 0.322. The molecule has 0 saturated carbocycles. The highest BCUT2D eigenvalue weighted by Crippen LogP contribution is 2.39. The summed E-state index contributed by atoms with van der Waals surface area (Å²) in [7, 11) is 0. The van der Waals surface area contributed by atoms with E-state index in [9.17, 15) is 19.1 Å². The number of aliphatic hydroxyl groups excluding tert-OH is 1. The summed E-state index contributed by atoms with van der Waals surface area (Å²) in [5.41, 5.74) is 0.794. The van der Waals surface area contributed by atoms with Gasteiger partial charge in [-0.05, 0) is 36.2 Å². The van der Waals surface area contributed by atoms with E-state index in [-0.39, 0.29) is 17.9 Å². The van der Waals surface area contributed by atoms with Gasteiger partial charge in [0.25, 0.3) is 11.7 Å². The van der Waals surface area contributed by atoms with Crippen LogP contribution >= 0.6 is 15.9 Å². The van der Waals surface area contributed by atoms with Gasteiger partial charge in [-0.2, -0.15) is 0 Å². The summed E-state index contributed by atoms with van der Waals surface area (Å²) in [6.45, 7) is 0.868. The number of aryl methyl sites for hydroxylation is 1. The first kappa shape index (κ1) is 21.0. The van der Waals surface area contributed by atoms with Crippen LogP contribution in [0.5, 0.6) is 0 Å². The lowest BCUT2D eigenvalue weighted by Crippen LogP contribution is -2.31. The zero-order valence-corrected chi connectivity index (χ0v) is 18.0. The van der Waals surface area contributed by atoms with Crippen molar-refractivity contribution in [1.29, 1.82) is 0 Å². The minimum absolute atomic E-state index is 0.0412. The highest BCUT2D eigenvalue weighted by molar-refractivity contribution is 9.10. The van der Waals surface area contributed by atoms with Crippen molar-refractivity contribution in [2.45, 2.75) is 19.0 Å². The number of rotatable bonds is 6. The number of carbonyl (C=O) groups excluding carboxylic acids is 2. The fourth-order valence-corrected chi connectivity index (χ4v) is 4.00. The topological polar surface area (TPSA) is 75.4 Å². The average molecular weight is 484 g/mol. The van der Waals surface area contributed by atoms with Crippen LogP contribution in [0.4, 0.5) is 4.39 Å². The van der Waals surface area contributed by atoms with Gasteiger partial charge in [-0.3, -0.25) is 9.59 Å². The first-order valence-corrected chi connectivity index (χ1v) is 10.5. The molecule has 0 radical (unpaired) electrons. The molecule has 3 aromatic rings. The molecule has 6 nitrogen and oxygen atoms in total. The summed E-state index contributed by atoms with van der Waals surface area (Å²) >= 11 is 3.34. The van der Waals surface area contributed by atoms with E-state index < -0.39 is 23.5 Å². The van der Waals surface area contributed by atoms with Gasteiger partial charge in [0.05, 0.1) is 17.9 Å². The Morgan fingerprint density at radius 2 is 1.90 bits per heavy atom. The minimum Gasteiger partial charge on any atom is -0.507 e. The van der Waals surface area contributed by atoms with Gasteiger partial charge >= 0.3 is 0 Å². The van der Waals surface area contributed by atoms with Gasteiger partial charge in [0.2, 0.25) is 0 Å². The van der Waals surface area contributed by atoms with E-state index in [1.807, 2.05) is 10.8 Å². The number of nitrogens with zero attached hydrogens (tertiary/aromatic N) is 3. The van der Waals surface area contributed by atoms with Crippen LogP contribution in [0.2, 0.25) is 0 Å². The molecule has 1 fully saturated rings. The number of Topliss-reactive ketones (excluding diaryl/α,β-unsaturated/α-hetero) is 1. The number of halogens is 2. The number of aliphatic hydroxyl groups is 1. The molecule has 0 aliphatic carbocycles. The molecule has 158 valence electrons. The Labute approximate surface area is 186 Å². The molecule has 4 rings (SSSR count). The Morgan fingerprint density at radius 1 is 1.13 bits per heavy atom. The van der Waals surface area contributed by atoms with Gasteiger partial charge in [-0.15, -0.1) is 0 Å². The second-order valence-corrected chi connectivity index (χ2v) is 8.12. The van der Waals surface area contributed by atoms with Gasteiger partial charge in [0.1, 0.15) is 11.6 Å². The number of benzene rings is 2. The molecule has 0 spiro atoms. The lowest BCUT2D eigenvalue weighted by Gasteiger charge is -2.25. The normalized spacial score (nSPS) is 18.0. The summed E-state index contributed by atoms with van der Waals surface area (Å²) in [5.74, 6) is -2.25. The number of amides is 1. The van der Waals surface area contributed by atoms with Gasteiger partial charge in [0, 0.05) is 35.5 Å². The first-order chi connectivity index (χ1) is 15.0. The van der Waals surface area contributed by atoms with Crippen LogP contribution in [0.1, 0.15) is 23.6 Å². The summed E-state index contributed by atoms with van der Waals surface area (Å²) in [6, 6.07) is 11.6. The molecular weight excluding hydrogens is 465 g/mol. The second-order valence-electron chi connectivity index (χ2n) is 7.21. The van der Waals surface area contributed by atoms with E-state index in [4.69, 9.17) is 0 Å². The molecular formula is C23H19BrFN3O3. The number of hydrogen-bond donors (Lipinski definition) is 1. The summed E-state index contributed by atoms with van der Waals surface area (Å²) in [5, 5.41) is 11.0. The third kappa shape index (κ3) is 4.29. The molecule has 1 atom stereocenters. The van der Waals surface area contributed by atoms with Crippen molar-refractivity contribution < 1.29 is 19.1 Å². The molecule has 0 unspecified atom stereocenters. The van der Waals surface area contributed by atoms with E-state index in [0.29, 0.717) is 24.1 Å². The highest BCUT2D eigenvalue weighted by atomic mass is 79.9. The zero-order valence-electron chi connectivity index (χ0n) is 16.4. The van der Waals surface area contributed by atoms with E-state index >= 15 is 0 Å². The van der Waals surface area contributed by atoms with Crippen LogP contribution in [0.3, 0.4) is 0 Å². The van der Waals surface area contributed by atoms with Crippen molar-refractivity contribution >= 4 is 33.4 Å². The van der Waals surface area contributed by atoms with E-state index in [1.54, 1.807) is 42.9 Å². The van der Waals surface area contributed by atoms with Crippen molar-refractivity contribution in [2.24, 2.45) is 0 Å². The Morgan fingerprint density at radius 3 is 2.58 bits per heavy atom. The molecule has 1 saturated heterocycles. The monoisotopic (exact) mass is 483 g/mol. The number of aromatic nitrogens is 2. The second kappa shape index (κ2) is 8.85. The first-order valence-electron chi connectivity index (χ1n) is 9.71. The zero-order chi connectivity index (χ0) is 22.0. The van der Waals surface area contributed by atoms with Crippen molar-refractivity contribution in [1.82, 2.24) is 14.5 Å². The van der Waals surface area contributed by atoms with Crippen molar-refractivity contribution in [2.75, 3.05) is 6.54 Å². The predicted octanol–water partition coefficient (Wildman–Crippen LogP) is 4.30. The number of imidazole rings is 1. The number of carbonyl (C=O) groups is 2. The van der Waals surface area contributed by atoms with E-state index in [1.165, 1.54) is 23.1 Å². The SMILES string of the molecule is O=C1C(=O)N(CCCn2ccnc2)[C@H](c2cccc(F)c2)C1=C(O)c1ccc(Br)cc1. The molecule has 1 aliphatic rings. The lowest BCUT2D eigenvalue weighted by molar-refractivity contribution is -0.139. The number of hydrogen-bond acceptors (Lipinski definition) is 4. The third-order valence-corrected chi connectivity index (χ3v) is 5.73. The maximum atomic E-state index is 14.0. The molecule has 2 heterocycles. The van der Waals surface area contributed by atoms with Crippen molar-refractivity contribution in [3.05, 3.63) is 94.2 Å². The van der Waals surface area contributed by atoms with Crippen LogP contribution in [-0.2, 0) is 16.1 Å². The number of likely N-dealkylation sites (tertiary alicyclic amines) is 1. The van der Waals surface area contributed by atoms with Crippen LogP contribution in [0.15, 0.2) is 77.3 Å². The van der Waals surface area contributed by atoms with Crippen LogP contribution in [0, 0.1) is 5.82 Å². The van der Waals surface area contributed by atoms with Crippen molar-refractivity contribution in [3.63, 3.8) is 0 Å². The Balaban J connectivity index is 1.73. The average Bonchev–Trinajstić information content (AvgIpc) is 3.36. The van der Waals surface area contributed by atoms with Crippen LogP contribution in [-0.4, -0.2) is 37.8 Å². The fourth-order valence-electron chi connectivity index (χ4n) is 3.74. The van der Waals surface area contributed by atoms with Crippen molar-refractivity contribution in [3.8, 4) is 0 Å². The highest BCUT2D eigenvalue weighted by Gasteiger charge is 2.45.